The number of nitro benzene ring substituents is 1. The normalized spacial score (nSPS) is 11.1. The summed E-state index contributed by atoms with van der Waals surface area (Å²) in [5.41, 5.74) is -1.44. The molecule has 0 spiro atoms. The number of carbonyl (C=O) groups excluding carboxylic acids is 1. The van der Waals surface area contributed by atoms with Crippen LogP contribution in [0.25, 0.3) is 0 Å². The average Bonchev–Trinajstić information content (AvgIpc) is 3.15. The second-order valence-corrected chi connectivity index (χ2v) is 5.80. The Kier molecular flexibility index (Phi) is 5.53. The first kappa shape index (κ1) is 19.9. The maximum Gasteiger partial charge on any atom is 0.418 e. The van der Waals surface area contributed by atoms with Crippen molar-refractivity contribution in [1.82, 2.24) is 0 Å². The fourth-order valence-corrected chi connectivity index (χ4v) is 2.42. The molecule has 0 saturated carbocycles. The van der Waals surface area contributed by atoms with Gasteiger partial charge in [0.05, 0.1) is 16.2 Å². The molecule has 1 aromatic heterocycles. The lowest BCUT2D eigenvalue weighted by atomic mass is 10.1. The number of carbonyl (C=O) groups is 1. The van der Waals surface area contributed by atoms with Crippen molar-refractivity contribution in [3.63, 3.8) is 0 Å². The van der Waals surface area contributed by atoms with Crippen LogP contribution in [0.1, 0.15) is 21.9 Å². The predicted octanol–water partition coefficient (Wildman–Crippen LogP) is 5.04. The molecule has 150 valence electrons. The van der Waals surface area contributed by atoms with E-state index in [0.29, 0.717) is 5.75 Å². The van der Waals surface area contributed by atoms with E-state index in [9.17, 15) is 28.1 Å². The molecule has 0 aliphatic carbocycles. The number of ether oxygens (including phenoxy) is 1. The van der Waals surface area contributed by atoms with Crippen molar-refractivity contribution < 1.29 is 32.0 Å². The second kappa shape index (κ2) is 8.05. The van der Waals surface area contributed by atoms with Crippen LogP contribution in [0.3, 0.4) is 0 Å². The number of benzene rings is 2. The first-order chi connectivity index (χ1) is 13.7. The lowest BCUT2D eigenvalue weighted by Gasteiger charge is -2.12. The highest BCUT2D eigenvalue weighted by Crippen LogP contribution is 2.34. The standard InChI is InChI=1S/C19H13F3N2O5/c20-19(21,22)15-3-1-2-4-16(15)23-18(25)17-10-9-14(29-17)11-28-13-7-5-12(6-8-13)24(26)27/h1-10H,11H2,(H,23,25). The van der Waals surface area contributed by atoms with Crippen molar-refractivity contribution in [2.24, 2.45) is 0 Å². The molecule has 0 radical (unpaired) electrons. The van der Waals surface area contributed by atoms with E-state index < -0.39 is 22.6 Å². The minimum atomic E-state index is -4.61. The van der Waals surface area contributed by atoms with Gasteiger partial charge in [0, 0.05) is 12.1 Å². The summed E-state index contributed by atoms with van der Waals surface area (Å²) < 4.78 is 49.7. The molecule has 10 heteroatoms. The molecule has 3 rings (SSSR count). The van der Waals surface area contributed by atoms with Crippen LogP contribution in [-0.4, -0.2) is 10.8 Å². The highest BCUT2D eigenvalue weighted by Gasteiger charge is 2.33. The zero-order valence-electron chi connectivity index (χ0n) is 14.6. The zero-order chi connectivity index (χ0) is 21.0. The summed E-state index contributed by atoms with van der Waals surface area (Å²) >= 11 is 0. The fourth-order valence-electron chi connectivity index (χ4n) is 2.42. The highest BCUT2D eigenvalue weighted by molar-refractivity contribution is 6.02. The first-order valence-electron chi connectivity index (χ1n) is 8.17. The topological polar surface area (TPSA) is 94.6 Å². The molecule has 1 N–H and O–H groups in total. The van der Waals surface area contributed by atoms with Crippen LogP contribution in [0.15, 0.2) is 65.1 Å². The number of para-hydroxylation sites is 1. The summed E-state index contributed by atoms with van der Waals surface area (Å²) in [6.45, 7) is -0.0791. The van der Waals surface area contributed by atoms with E-state index in [-0.39, 0.29) is 29.5 Å². The van der Waals surface area contributed by atoms with Gasteiger partial charge in [0.2, 0.25) is 0 Å². The Morgan fingerprint density at radius 3 is 2.41 bits per heavy atom. The molecular formula is C19H13F3N2O5. The molecule has 0 bridgehead atoms. The number of amides is 1. The maximum atomic E-state index is 13.0. The molecule has 0 aliphatic heterocycles. The number of rotatable bonds is 6. The fraction of sp³-hybridized carbons (Fsp3) is 0.105. The molecule has 0 fully saturated rings. The van der Waals surface area contributed by atoms with Crippen molar-refractivity contribution in [3.8, 4) is 5.75 Å². The van der Waals surface area contributed by atoms with Gasteiger partial charge < -0.3 is 14.5 Å². The number of hydrogen-bond acceptors (Lipinski definition) is 5. The van der Waals surface area contributed by atoms with E-state index in [1.807, 2.05) is 0 Å². The van der Waals surface area contributed by atoms with Gasteiger partial charge in [-0.25, -0.2) is 0 Å². The van der Waals surface area contributed by atoms with Crippen molar-refractivity contribution in [3.05, 3.63) is 87.9 Å². The van der Waals surface area contributed by atoms with Gasteiger partial charge in [0.15, 0.2) is 5.76 Å². The summed E-state index contributed by atoms with van der Waals surface area (Å²) in [6.07, 6.45) is -4.61. The zero-order valence-corrected chi connectivity index (χ0v) is 14.6. The minimum Gasteiger partial charge on any atom is -0.486 e. The second-order valence-electron chi connectivity index (χ2n) is 5.80. The third kappa shape index (κ3) is 4.92. The van der Waals surface area contributed by atoms with Gasteiger partial charge in [-0.2, -0.15) is 13.2 Å². The first-order valence-corrected chi connectivity index (χ1v) is 8.17. The van der Waals surface area contributed by atoms with Crippen LogP contribution >= 0.6 is 0 Å². The summed E-state index contributed by atoms with van der Waals surface area (Å²) in [4.78, 5) is 22.3. The van der Waals surface area contributed by atoms with Crippen LogP contribution in [0.4, 0.5) is 24.5 Å². The van der Waals surface area contributed by atoms with Gasteiger partial charge in [-0.05, 0) is 36.4 Å². The van der Waals surface area contributed by atoms with Crippen LogP contribution in [0, 0.1) is 10.1 Å². The van der Waals surface area contributed by atoms with Gasteiger partial charge in [-0.3, -0.25) is 14.9 Å². The lowest BCUT2D eigenvalue weighted by Crippen LogP contribution is -2.16. The van der Waals surface area contributed by atoms with Crippen molar-refractivity contribution >= 4 is 17.3 Å². The number of nitrogens with one attached hydrogen (secondary N) is 1. The quantitative estimate of drug-likeness (QED) is 0.457. The Bertz CT molecular complexity index is 1030. The maximum absolute atomic E-state index is 13.0. The molecule has 0 atom stereocenters. The molecule has 1 amide bonds. The Morgan fingerprint density at radius 2 is 1.76 bits per heavy atom. The summed E-state index contributed by atoms with van der Waals surface area (Å²) in [7, 11) is 0. The Hall–Kier alpha value is -3.82. The van der Waals surface area contributed by atoms with Crippen LogP contribution < -0.4 is 10.1 Å². The summed E-state index contributed by atoms with van der Waals surface area (Å²) in [5, 5.41) is 12.8. The highest BCUT2D eigenvalue weighted by atomic mass is 19.4. The molecular weight excluding hydrogens is 393 g/mol. The molecule has 2 aromatic carbocycles. The Balaban J connectivity index is 1.64. The van der Waals surface area contributed by atoms with Crippen molar-refractivity contribution in [2.75, 3.05) is 5.32 Å². The molecule has 0 unspecified atom stereocenters. The van der Waals surface area contributed by atoms with E-state index in [1.54, 1.807) is 0 Å². The molecule has 1 heterocycles. The molecule has 0 saturated heterocycles. The summed E-state index contributed by atoms with van der Waals surface area (Å²) in [6, 6.07) is 12.7. The monoisotopic (exact) mass is 406 g/mol. The van der Waals surface area contributed by atoms with Crippen LogP contribution in [0.2, 0.25) is 0 Å². The van der Waals surface area contributed by atoms with Gasteiger partial charge in [-0.15, -0.1) is 0 Å². The SMILES string of the molecule is O=C(Nc1ccccc1C(F)(F)F)c1ccc(COc2ccc([N+](=O)[O-])cc2)o1. The Morgan fingerprint density at radius 1 is 1.07 bits per heavy atom. The van der Waals surface area contributed by atoms with E-state index in [1.165, 1.54) is 48.5 Å². The molecule has 7 nitrogen and oxygen atoms in total. The number of nitrogens with zero attached hydrogens (tertiary/aromatic N) is 1. The number of non-ortho nitro benzene ring substituents is 1. The molecule has 0 aliphatic rings. The number of hydrogen-bond donors (Lipinski definition) is 1. The van der Waals surface area contributed by atoms with E-state index in [0.717, 1.165) is 12.1 Å². The van der Waals surface area contributed by atoms with Gasteiger partial charge >= 0.3 is 6.18 Å². The van der Waals surface area contributed by atoms with Gasteiger partial charge in [-0.1, -0.05) is 12.1 Å². The van der Waals surface area contributed by atoms with Crippen LogP contribution in [0.5, 0.6) is 5.75 Å². The largest absolute Gasteiger partial charge is 0.486 e. The van der Waals surface area contributed by atoms with Gasteiger partial charge in [0.25, 0.3) is 11.6 Å². The number of alkyl halides is 3. The summed E-state index contributed by atoms with van der Waals surface area (Å²) in [5.74, 6) is -0.442. The van der Waals surface area contributed by atoms with Crippen molar-refractivity contribution in [2.45, 2.75) is 12.8 Å². The third-order valence-corrected chi connectivity index (χ3v) is 3.79. The smallest absolute Gasteiger partial charge is 0.418 e. The van der Waals surface area contributed by atoms with E-state index in [4.69, 9.17) is 9.15 Å². The van der Waals surface area contributed by atoms with E-state index in [2.05, 4.69) is 5.32 Å². The van der Waals surface area contributed by atoms with Gasteiger partial charge in [0.1, 0.15) is 18.1 Å². The minimum absolute atomic E-state index is 0.0791. The van der Waals surface area contributed by atoms with Crippen LogP contribution in [-0.2, 0) is 12.8 Å². The molecule has 29 heavy (non-hydrogen) atoms. The average molecular weight is 406 g/mol. The Labute approximate surface area is 161 Å². The third-order valence-electron chi connectivity index (χ3n) is 3.79. The lowest BCUT2D eigenvalue weighted by molar-refractivity contribution is -0.384. The number of furan rings is 1. The van der Waals surface area contributed by atoms with Crippen molar-refractivity contribution in [1.29, 1.82) is 0 Å². The van der Waals surface area contributed by atoms with E-state index >= 15 is 0 Å². The number of nitro groups is 1. The predicted molar refractivity (Wildman–Crippen MR) is 95.5 cm³/mol. The number of anilines is 1. The molecule has 3 aromatic rings. The number of halogens is 3.